The fourth-order valence-electron chi connectivity index (χ4n) is 5.19. The van der Waals surface area contributed by atoms with Gasteiger partial charge in [0.15, 0.2) is 11.5 Å². The van der Waals surface area contributed by atoms with E-state index in [0.29, 0.717) is 0 Å². The summed E-state index contributed by atoms with van der Waals surface area (Å²) in [6.45, 7) is 0. The van der Waals surface area contributed by atoms with Gasteiger partial charge in [-0.05, 0) is 61.0 Å². The first kappa shape index (κ1) is 11.6. The highest BCUT2D eigenvalue weighted by Crippen LogP contribution is 2.71. The second-order valence-corrected chi connectivity index (χ2v) is 7.42. The number of rotatable bonds is 3. The largest absolute Gasteiger partial charge is 0.441 e. The van der Waals surface area contributed by atoms with Gasteiger partial charge in [-0.25, -0.2) is 4.98 Å². The number of alkyl halides is 1. The van der Waals surface area contributed by atoms with Crippen LogP contribution in [0.5, 0.6) is 0 Å². The molecular formula is C17H18ClNO. The molecule has 0 N–H and O–H groups in total. The Balaban J connectivity index is 1.34. The molecule has 1 aromatic heterocycles. The topological polar surface area (TPSA) is 26.0 Å². The van der Waals surface area contributed by atoms with Gasteiger partial charge in [0, 0.05) is 11.8 Å². The van der Waals surface area contributed by atoms with Crippen LogP contribution in [0.25, 0.3) is 11.1 Å². The molecule has 0 amide bonds. The molecule has 3 heteroatoms. The number of hydrogen-bond donors (Lipinski definition) is 0. The molecule has 0 spiro atoms. The Labute approximate surface area is 123 Å². The molecule has 2 aromatic rings. The minimum atomic E-state index is 0.210. The van der Waals surface area contributed by atoms with Gasteiger partial charge in [0.2, 0.25) is 0 Å². The maximum Gasteiger partial charge on any atom is 0.196 e. The van der Waals surface area contributed by atoms with Crippen molar-refractivity contribution in [2.45, 2.75) is 31.1 Å². The van der Waals surface area contributed by atoms with E-state index in [0.717, 1.165) is 53.0 Å². The molecule has 2 bridgehead atoms. The Kier molecular flexibility index (Phi) is 2.33. The normalized spacial score (nSPS) is 39.1. The van der Waals surface area contributed by atoms with Gasteiger partial charge in [0.05, 0.1) is 0 Å². The average Bonchev–Trinajstić information content (AvgIpc) is 2.78. The number of fused-ring (bicyclic) bond motifs is 6. The standard InChI is InChI=1S/C17H18ClNO/c18-11(17-15-9-5-6-10(7-9)16(15)17)8-14-19-12-3-1-2-4-13(12)20-14/h1-4,9-11,15-17H,5-8H2. The molecule has 0 aliphatic heterocycles. The van der Waals surface area contributed by atoms with E-state index in [-0.39, 0.29) is 5.38 Å². The predicted molar refractivity (Wildman–Crippen MR) is 78.7 cm³/mol. The van der Waals surface area contributed by atoms with Gasteiger partial charge >= 0.3 is 0 Å². The highest BCUT2D eigenvalue weighted by atomic mass is 35.5. The summed E-state index contributed by atoms with van der Waals surface area (Å²) < 4.78 is 5.81. The fraction of sp³-hybridized carbons (Fsp3) is 0.588. The summed E-state index contributed by atoms with van der Waals surface area (Å²) in [4.78, 5) is 4.56. The highest BCUT2D eigenvalue weighted by molar-refractivity contribution is 6.21. The molecule has 104 valence electrons. The molecule has 0 radical (unpaired) electrons. The van der Waals surface area contributed by atoms with E-state index >= 15 is 0 Å². The predicted octanol–water partition coefficient (Wildman–Crippen LogP) is 4.27. The number of nitrogens with zero attached hydrogens (tertiary/aromatic N) is 1. The lowest BCUT2D eigenvalue weighted by Crippen LogP contribution is -2.13. The zero-order valence-corrected chi connectivity index (χ0v) is 12.1. The van der Waals surface area contributed by atoms with Crippen LogP contribution >= 0.6 is 11.6 Å². The van der Waals surface area contributed by atoms with Gasteiger partial charge in [-0.1, -0.05) is 12.1 Å². The van der Waals surface area contributed by atoms with E-state index in [1.54, 1.807) is 0 Å². The van der Waals surface area contributed by atoms with Crippen molar-refractivity contribution < 1.29 is 4.42 Å². The zero-order valence-electron chi connectivity index (χ0n) is 11.3. The monoisotopic (exact) mass is 287 g/mol. The summed E-state index contributed by atoms with van der Waals surface area (Å²) in [5.74, 6) is 5.38. The fourth-order valence-corrected chi connectivity index (χ4v) is 5.65. The summed E-state index contributed by atoms with van der Waals surface area (Å²) in [6, 6.07) is 7.95. The lowest BCUT2D eigenvalue weighted by Gasteiger charge is -2.12. The van der Waals surface area contributed by atoms with Crippen LogP contribution in [0.3, 0.4) is 0 Å². The van der Waals surface area contributed by atoms with E-state index in [1.807, 2.05) is 24.3 Å². The van der Waals surface area contributed by atoms with Crippen molar-refractivity contribution in [1.29, 1.82) is 0 Å². The minimum absolute atomic E-state index is 0.210. The smallest absolute Gasteiger partial charge is 0.196 e. The first-order valence-electron chi connectivity index (χ1n) is 7.80. The highest BCUT2D eigenvalue weighted by Gasteiger charge is 2.66. The van der Waals surface area contributed by atoms with Crippen LogP contribution in [-0.4, -0.2) is 10.4 Å². The molecule has 1 aromatic carbocycles. The van der Waals surface area contributed by atoms with Crippen LogP contribution in [0.2, 0.25) is 0 Å². The van der Waals surface area contributed by atoms with Gasteiger partial charge < -0.3 is 4.42 Å². The van der Waals surface area contributed by atoms with E-state index in [4.69, 9.17) is 16.0 Å². The Morgan fingerprint density at radius 3 is 2.70 bits per heavy atom. The van der Waals surface area contributed by atoms with Crippen molar-refractivity contribution in [2.24, 2.45) is 29.6 Å². The lowest BCUT2D eigenvalue weighted by molar-refractivity contribution is 0.431. The van der Waals surface area contributed by atoms with Gasteiger partial charge in [-0.15, -0.1) is 11.6 Å². The third-order valence-electron chi connectivity index (χ3n) is 5.92. The van der Waals surface area contributed by atoms with Crippen LogP contribution < -0.4 is 0 Å². The van der Waals surface area contributed by atoms with Crippen LogP contribution in [0.15, 0.2) is 28.7 Å². The minimum Gasteiger partial charge on any atom is -0.441 e. The molecule has 3 saturated carbocycles. The Morgan fingerprint density at radius 2 is 1.95 bits per heavy atom. The first-order valence-corrected chi connectivity index (χ1v) is 8.23. The molecule has 1 heterocycles. The van der Waals surface area contributed by atoms with Crippen molar-refractivity contribution in [2.75, 3.05) is 0 Å². The Hall–Kier alpha value is -1.02. The SMILES string of the molecule is ClC(Cc1nc2ccccc2o1)C1C2C3CCC(C3)C12. The van der Waals surface area contributed by atoms with Gasteiger partial charge in [0.25, 0.3) is 0 Å². The molecule has 20 heavy (non-hydrogen) atoms. The first-order chi connectivity index (χ1) is 9.81. The maximum atomic E-state index is 6.70. The van der Waals surface area contributed by atoms with Crippen LogP contribution in [0.1, 0.15) is 25.2 Å². The van der Waals surface area contributed by atoms with Crippen molar-refractivity contribution >= 4 is 22.7 Å². The summed E-state index contributed by atoms with van der Waals surface area (Å²) in [5.41, 5.74) is 1.82. The van der Waals surface area contributed by atoms with Gasteiger partial charge in [0.1, 0.15) is 5.52 Å². The number of hydrogen-bond acceptors (Lipinski definition) is 2. The van der Waals surface area contributed by atoms with E-state index in [9.17, 15) is 0 Å². The van der Waals surface area contributed by atoms with Crippen LogP contribution in [-0.2, 0) is 6.42 Å². The molecule has 3 aliphatic carbocycles. The summed E-state index contributed by atoms with van der Waals surface area (Å²) >= 11 is 6.70. The quantitative estimate of drug-likeness (QED) is 0.788. The third-order valence-corrected chi connectivity index (χ3v) is 6.37. The summed E-state index contributed by atoms with van der Waals surface area (Å²) in [7, 11) is 0. The van der Waals surface area contributed by atoms with Crippen molar-refractivity contribution in [3.63, 3.8) is 0 Å². The second-order valence-electron chi connectivity index (χ2n) is 6.86. The van der Waals surface area contributed by atoms with Gasteiger partial charge in [-0.3, -0.25) is 0 Å². The van der Waals surface area contributed by atoms with Crippen LogP contribution in [0.4, 0.5) is 0 Å². The Morgan fingerprint density at radius 1 is 1.20 bits per heavy atom. The molecule has 5 unspecified atom stereocenters. The molecular weight excluding hydrogens is 270 g/mol. The second kappa shape index (κ2) is 4.00. The molecule has 5 atom stereocenters. The van der Waals surface area contributed by atoms with Crippen LogP contribution in [0, 0.1) is 29.6 Å². The Bertz CT molecular complexity index is 617. The average molecular weight is 288 g/mol. The molecule has 0 saturated heterocycles. The number of aromatic nitrogens is 1. The van der Waals surface area contributed by atoms with E-state index < -0.39 is 0 Å². The molecule has 5 rings (SSSR count). The van der Waals surface area contributed by atoms with E-state index in [1.165, 1.54) is 19.3 Å². The maximum absolute atomic E-state index is 6.70. The summed E-state index contributed by atoms with van der Waals surface area (Å²) in [5, 5.41) is 0.210. The van der Waals surface area contributed by atoms with Crippen molar-refractivity contribution in [1.82, 2.24) is 4.98 Å². The number of halogens is 1. The molecule has 3 fully saturated rings. The molecule has 2 nitrogen and oxygen atoms in total. The number of benzene rings is 1. The molecule has 3 aliphatic rings. The van der Waals surface area contributed by atoms with Crippen molar-refractivity contribution in [3.8, 4) is 0 Å². The number of oxazole rings is 1. The third kappa shape index (κ3) is 1.54. The lowest BCUT2D eigenvalue weighted by atomic mass is 9.99. The number of para-hydroxylation sites is 2. The summed E-state index contributed by atoms with van der Waals surface area (Å²) in [6.07, 6.45) is 5.18. The van der Waals surface area contributed by atoms with Crippen molar-refractivity contribution in [3.05, 3.63) is 30.2 Å². The van der Waals surface area contributed by atoms with Gasteiger partial charge in [-0.2, -0.15) is 0 Å². The van der Waals surface area contributed by atoms with E-state index in [2.05, 4.69) is 4.98 Å². The zero-order chi connectivity index (χ0) is 13.3.